The SMILES string of the molecule is COc1ccc(C(O)C(O)CCSC(C)=O)c(F)c1. The zero-order chi connectivity index (χ0) is 14.4. The van der Waals surface area contributed by atoms with Gasteiger partial charge >= 0.3 is 0 Å². The summed E-state index contributed by atoms with van der Waals surface area (Å²) in [6.07, 6.45) is -2.23. The molecule has 0 aliphatic rings. The number of carbonyl (C=O) groups excluding carboxylic acids is 1. The average molecular weight is 288 g/mol. The maximum absolute atomic E-state index is 13.7. The van der Waals surface area contributed by atoms with Crippen molar-refractivity contribution in [3.05, 3.63) is 29.6 Å². The van der Waals surface area contributed by atoms with E-state index in [9.17, 15) is 19.4 Å². The molecule has 0 saturated carbocycles. The van der Waals surface area contributed by atoms with Gasteiger partial charge in [0.25, 0.3) is 0 Å². The van der Waals surface area contributed by atoms with Crippen molar-refractivity contribution in [3.8, 4) is 5.75 Å². The van der Waals surface area contributed by atoms with Crippen molar-refractivity contribution >= 4 is 16.9 Å². The molecule has 0 radical (unpaired) electrons. The van der Waals surface area contributed by atoms with Gasteiger partial charge < -0.3 is 14.9 Å². The number of carbonyl (C=O) groups is 1. The van der Waals surface area contributed by atoms with Crippen LogP contribution in [0.1, 0.15) is 25.0 Å². The van der Waals surface area contributed by atoms with Crippen molar-refractivity contribution in [2.75, 3.05) is 12.9 Å². The third-order valence-electron chi connectivity index (χ3n) is 2.61. The van der Waals surface area contributed by atoms with Gasteiger partial charge in [0.05, 0.1) is 13.2 Å². The second kappa shape index (κ2) is 7.47. The predicted octanol–water partition coefficient (Wildman–Crippen LogP) is 1.90. The van der Waals surface area contributed by atoms with Gasteiger partial charge in [0.2, 0.25) is 0 Å². The summed E-state index contributed by atoms with van der Waals surface area (Å²) in [5.41, 5.74) is 0.0149. The number of ether oxygens (including phenoxy) is 1. The zero-order valence-corrected chi connectivity index (χ0v) is 11.6. The summed E-state index contributed by atoms with van der Waals surface area (Å²) in [6.45, 7) is 1.43. The molecule has 2 unspecified atom stereocenters. The van der Waals surface area contributed by atoms with Gasteiger partial charge in [0.1, 0.15) is 17.7 Å². The number of benzene rings is 1. The topological polar surface area (TPSA) is 66.8 Å². The number of aliphatic hydroxyl groups excluding tert-OH is 2. The minimum atomic E-state index is -1.32. The number of aliphatic hydroxyl groups is 2. The Morgan fingerprint density at radius 2 is 2.16 bits per heavy atom. The number of halogens is 1. The summed E-state index contributed by atoms with van der Waals surface area (Å²) >= 11 is 1.06. The third-order valence-corrected chi connectivity index (χ3v) is 3.46. The van der Waals surface area contributed by atoms with Crippen molar-refractivity contribution < 1.29 is 24.1 Å². The summed E-state index contributed by atoms with van der Waals surface area (Å²) < 4.78 is 18.5. The molecule has 0 fully saturated rings. The Kier molecular flexibility index (Phi) is 6.27. The predicted molar refractivity (Wildman–Crippen MR) is 71.7 cm³/mol. The van der Waals surface area contributed by atoms with Crippen LogP contribution in [0.5, 0.6) is 5.75 Å². The molecule has 106 valence electrons. The van der Waals surface area contributed by atoms with Crippen LogP contribution >= 0.6 is 11.8 Å². The summed E-state index contributed by atoms with van der Waals surface area (Å²) in [5, 5.41) is 19.6. The maximum atomic E-state index is 13.7. The first-order valence-corrected chi connectivity index (χ1v) is 6.77. The van der Waals surface area contributed by atoms with Crippen LogP contribution in [0.25, 0.3) is 0 Å². The highest BCUT2D eigenvalue weighted by molar-refractivity contribution is 8.13. The fraction of sp³-hybridized carbons (Fsp3) is 0.462. The molecule has 0 heterocycles. The van der Waals surface area contributed by atoms with E-state index < -0.39 is 18.0 Å². The highest BCUT2D eigenvalue weighted by Crippen LogP contribution is 2.25. The van der Waals surface area contributed by atoms with E-state index in [-0.39, 0.29) is 17.1 Å². The molecule has 4 nitrogen and oxygen atoms in total. The summed E-state index contributed by atoms with van der Waals surface area (Å²) in [4.78, 5) is 10.7. The van der Waals surface area contributed by atoms with Crippen LogP contribution in [-0.2, 0) is 4.79 Å². The van der Waals surface area contributed by atoms with Crippen molar-refractivity contribution in [1.82, 2.24) is 0 Å². The van der Waals surface area contributed by atoms with Gasteiger partial charge in [0.15, 0.2) is 5.12 Å². The van der Waals surface area contributed by atoms with E-state index in [2.05, 4.69) is 0 Å². The Morgan fingerprint density at radius 3 is 2.68 bits per heavy atom. The Hall–Kier alpha value is -1.11. The largest absolute Gasteiger partial charge is 0.497 e. The van der Waals surface area contributed by atoms with Gasteiger partial charge in [0, 0.05) is 24.3 Å². The lowest BCUT2D eigenvalue weighted by atomic mass is 10.0. The summed E-state index contributed by atoms with van der Waals surface area (Å²) in [7, 11) is 1.42. The summed E-state index contributed by atoms with van der Waals surface area (Å²) in [5.74, 6) is 0.0888. The van der Waals surface area contributed by atoms with E-state index >= 15 is 0 Å². The Morgan fingerprint density at radius 1 is 1.47 bits per heavy atom. The molecular weight excluding hydrogens is 271 g/mol. The number of thioether (sulfide) groups is 1. The van der Waals surface area contributed by atoms with Crippen LogP contribution in [0.3, 0.4) is 0 Å². The Bertz CT molecular complexity index is 439. The van der Waals surface area contributed by atoms with Crippen molar-refractivity contribution in [3.63, 3.8) is 0 Å². The number of methoxy groups -OCH3 is 1. The molecule has 6 heteroatoms. The van der Waals surface area contributed by atoms with E-state index in [0.29, 0.717) is 11.5 Å². The molecular formula is C13H17FO4S. The minimum absolute atomic E-state index is 0.0149. The molecule has 0 spiro atoms. The van der Waals surface area contributed by atoms with Crippen molar-refractivity contribution in [1.29, 1.82) is 0 Å². The lowest BCUT2D eigenvalue weighted by Crippen LogP contribution is -2.20. The quantitative estimate of drug-likeness (QED) is 0.837. The van der Waals surface area contributed by atoms with Crippen LogP contribution in [0.2, 0.25) is 0 Å². The first-order valence-electron chi connectivity index (χ1n) is 5.78. The molecule has 19 heavy (non-hydrogen) atoms. The Labute approximate surface area is 115 Å². The van der Waals surface area contributed by atoms with Crippen LogP contribution in [-0.4, -0.2) is 34.3 Å². The van der Waals surface area contributed by atoms with Crippen molar-refractivity contribution in [2.45, 2.75) is 25.6 Å². The third kappa shape index (κ3) is 4.81. The second-order valence-electron chi connectivity index (χ2n) is 4.03. The van der Waals surface area contributed by atoms with Crippen LogP contribution in [0, 0.1) is 5.82 Å². The highest BCUT2D eigenvalue weighted by atomic mass is 32.2. The van der Waals surface area contributed by atoms with Crippen LogP contribution < -0.4 is 4.74 Å². The molecule has 1 aromatic carbocycles. The Balaban J connectivity index is 2.65. The van der Waals surface area contributed by atoms with Gasteiger partial charge in [-0.25, -0.2) is 4.39 Å². The molecule has 1 rings (SSSR count). The minimum Gasteiger partial charge on any atom is -0.497 e. The highest BCUT2D eigenvalue weighted by Gasteiger charge is 2.21. The normalized spacial score (nSPS) is 13.9. The zero-order valence-electron chi connectivity index (χ0n) is 10.8. The molecule has 0 bridgehead atoms. The monoisotopic (exact) mass is 288 g/mol. The maximum Gasteiger partial charge on any atom is 0.185 e. The molecule has 0 aliphatic heterocycles. The van der Waals surface area contributed by atoms with E-state index in [4.69, 9.17) is 4.74 Å². The van der Waals surface area contributed by atoms with Gasteiger partial charge in [-0.1, -0.05) is 11.8 Å². The van der Waals surface area contributed by atoms with Gasteiger partial charge in [-0.15, -0.1) is 0 Å². The molecule has 0 amide bonds. The molecule has 0 saturated heterocycles. The molecule has 0 aliphatic carbocycles. The fourth-order valence-electron chi connectivity index (χ4n) is 1.56. The van der Waals surface area contributed by atoms with Gasteiger partial charge in [-0.05, 0) is 18.6 Å². The van der Waals surface area contributed by atoms with E-state index in [0.717, 1.165) is 17.8 Å². The van der Waals surface area contributed by atoms with E-state index in [1.807, 2.05) is 0 Å². The number of hydrogen-bond donors (Lipinski definition) is 2. The second-order valence-corrected chi connectivity index (χ2v) is 5.30. The van der Waals surface area contributed by atoms with Crippen LogP contribution in [0.4, 0.5) is 4.39 Å². The number of hydrogen-bond acceptors (Lipinski definition) is 5. The lowest BCUT2D eigenvalue weighted by molar-refractivity contribution is -0.109. The van der Waals surface area contributed by atoms with Gasteiger partial charge in [-0.3, -0.25) is 4.79 Å². The first-order chi connectivity index (χ1) is 8.95. The van der Waals surface area contributed by atoms with E-state index in [1.165, 1.54) is 26.2 Å². The van der Waals surface area contributed by atoms with E-state index in [1.54, 1.807) is 0 Å². The van der Waals surface area contributed by atoms with Gasteiger partial charge in [-0.2, -0.15) is 0 Å². The molecule has 2 N–H and O–H groups in total. The van der Waals surface area contributed by atoms with Crippen LogP contribution in [0.15, 0.2) is 18.2 Å². The molecule has 0 aromatic heterocycles. The number of rotatable bonds is 6. The standard InChI is InChI=1S/C13H17FO4S/c1-8(15)19-6-5-12(16)13(17)10-4-3-9(18-2)7-11(10)14/h3-4,7,12-13,16-17H,5-6H2,1-2H3. The first kappa shape index (κ1) is 15.9. The fourth-order valence-corrected chi connectivity index (χ4v) is 2.21. The molecule has 2 atom stereocenters. The summed E-state index contributed by atoms with van der Waals surface area (Å²) in [6, 6.07) is 4.04. The lowest BCUT2D eigenvalue weighted by Gasteiger charge is -2.18. The average Bonchev–Trinajstić information content (AvgIpc) is 2.37. The van der Waals surface area contributed by atoms with Crippen molar-refractivity contribution in [2.24, 2.45) is 0 Å². The molecule has 1 aromatic rings. The smallest absolute Gasteiger partial charge is 0.185 e.